The molecule has 2 N–H and O–H groups in total. The predicted octanol–water partition coefficient (Wildman–Crippen LogP) is 2.39. The van der Waals surface area contributed by atoms with Crippen LogP contribution in [0.3, 0.4) is 0 Å². The number of rotatable bonds is 4. The average Bonchev–Trinajstić information content (AvgIpc) is 2.07. The van der Waals surface area contributed by atoms with Gasteiger partial charge < -0.3 is 10.1 Å². The Morgan fingerprint density at radius 3 is 1.71 bits per heavy atom. The maximum Gasteiger partial charge on any atom is 0.324 e. The first kappa shape index (κ1) is 19.9. The lowest BCUT2D eigenvalue weighted by Crippen LogP contribution is -2.52. The molecule has 5 heteroatoms. The highest BCUT2D eigenvalue weighted by Crippen LogP contribution is 2.13. The molecule has 1 amide bonds. The topological polar surface area (TPSA) is 67.4 Å². The van der Waals surface area contributed by atoms with Gasteiger partial charge in [0.15, 0.2) is 0 Å². The molecule has 0 aliphatic rings. The SMILES string of the molecule is CC(C)(C)NC(=O)CC(NC(C)(C)C)C(=O)OC(C)(C)C. The summed E-state index contributed by atoms with van der Waals surface area (Å²) in [6.07, 6.45) is 0.0590. The number of hydrogen-bond acceptors (Lipinski definition) is 4. The molecule has 0 rings (SSSR count). The third-order valence-corrected chi connectivity index (χ3v) is 2.20. The lowest BCUT2D eigenvalue weighted by molar-refractivity contribution is -0.159. The first-order chi connectivity index (χ1) is 9.09. The third-order valence-electron chi connectivity index (χ3n) is 2.20. The number of carbonyl (C=O) groups excluding carboxylic acids is 2. The Morgan fingerprint density at radius 2 is 1.38 bits per heavy atom. The van der Waals surface area contributed by atoms with Crippen LogP contribution in [-0.2, 0) is 14.3 Å². The standard InChI is InChI=1S/C16H32N2O3/c1-14(2,3)17-11(13(20)21-16(7,8)9)10-12(19)18-15(4,5)6/h11,17H,10H2,1-9H3,(H,18,19). The fraction of sp³-hybridized carbons (Fsp3) is 0.875. The number of esters is 1. The molecule has 0 bridgehead atoms. The van der Waals surface area contributed by atoms with Crippen LogP contribution in [0.4, 0.5) is 0 Å². The second kappa shape index (κ2) is 6.77. The summed E-state index contributed by atoms with van der Waals surface area (Å²) < 4.78 is 5.40. The fourth-order valence-corrected chi connectivity index (χ4v) is 1.74. The lowest BCUT2D eigenvalue weighted by atomic mass is 10.0. The van der Waals surface area contributed by atoms with Crippen LogP contribution < -0.4 is 10.6 Å². The van der Waals surface area contributed by atoms with E-state index in [4.69, 9.17) is 4.74 Å². The number of nitrogens with one attached hydrogen (secondary N) is 2. The molecule has 0 fully saturated rings. The smallest absolute Gasteiger partial charge is 0.324 e. The van der Waals surface area contributed by atoms with E-state index >= 15 is 0 Å². The van der Waals surface area contributed by atoms with Gasteiger partial charge in [-0.15, -0.1) is 0 Å². The van der Waals surface area contributed by atoms with E-state index in [-0.39, 0.29) is 23.4 Å². The zero-order chi connectivity index (χ0) is 17.1. The molecule has 1 unspecified atom stereocenters. The maximum absolute atomic E-state index is 12.3. The van der Waals surface area contributed by atoms with Crippen LogP contribution >= 0.6 is 0 Å². The third kappa shape index (κ3) is 11.3. The Hall–Kier alpha value is -1.10. The quantitative estimate of drug-likeness (QED) is 0.782. The minimum atomic E-state index is -0.661. The van der Waals surface area contributed by atoms with Crippen molar-refractivity contribution < 1.29 is 14.3 Å². The summed E-state index contributed by atoms with van der Waals surface area (Å²) in [5.74, 6) is -0.573. The van der Waals surface area contributed by atoms with Crippen LogP contribution in [0.2, 0.25) is 0 Å². The Labute approximate surface area is 129 Å². The van der Waals surface area contributed by atoms with Crippen molar-refractivity contribution in [1.29, 1.82) is 0 Å². The summed E-state index contributed by atoms with van der Waals surface area (Å²) in [5.41, 5.74) is -1.18. The van der Waals surface area contributed by atoms with Gasteiger partial charge >= 0.3 is 5.97 Å². The monoisotopic (exact) mass is 300 g/mol. The molecule has 0 saturated heterocycles. The van der Waals surface area contributed by atoms with E-state index in [1.807, 2.05) is 62.3 Å². The van der Waals surface area contributed by atoms with E-state index < -0.39 is 17.6 Å². The van der Waals surface area contributed by atoms with Crippen LogP contribution in [0.25, 0.3) is 0 Å². The summed E-state index contributed by atoms with van der Waals surface area (Å²) in [6, 6.07) is -0.661. The van der Waals surface area contributed by atoms with Crippen LogP contribution in [0, 0.1) is 0 Å². The van der Waals surface area contributed by atoms with Gasteiger partial charge in [0.2, 0.25) is 5.91 Å². The number of hydrogen-bond donors (Lipinski definition) is 2. The molecule has 0 radical (unpaired) electrons. The van der Waals surface area contributed by atoms with E-state index in [9.17, 15) is 9.59 Å². The number of amides is 1. The maximum atomic E-state index is 12.3. The molecule has 0 spiro atoms. The van der Waals surface area contributed by atoms with Crippen molar-refractivity contribution in [3.63, 3.8) is 0 Å². The van der Waals surface area contributed by atoms with E-state index in [1.165, 1.54) is 0 Å². The number of carbonyl (C=O) groups is 2. The zero-order valence-electron chi connectivity index (χ0n) is 15.0. The van der Waals surface area contributed by atoms with Crippen molar-refractivity contribution in [2.75, 3.05) is 0 Å². The summed E-state index contributed by atoms with van der Waals surface area (Å²) in [7, 11) is 0. The molecule has 0 aromatic rings. The lowest BCUT2D eigenvalue weighted by Gasteiger charge is -2.30. The Balaban J connectivity index is 4.91. The molecule has 0 aliphatic carbocycles. The fourth-order valence-electron chi connectivity index (χ4n) is 1.74. The highest BCUT2D eigenvalue weighted by Gasteiger charge is 2.31. The molecular weight excluding hydrogens is 268 g/mol. The summed E-state index contributed by atoms with van der Waals surface area (Å²) in [4.78, 5) is 24.3. The zero-order valence-corrected chi connectivity index (χ0v) is 15.0. The molecule has 5 nitrogen and oxygen atoms in total. The highest BCUT2D eigenvalue weighted by atomic mass is 16.6. The molecule has 0 aromatic carbocycles. The second-order valence-corrected chi connectivity index (χ2v) is 8.48. The molecular formula is C16H32N2O3. The van der Waals surface area contributed by atoms with Gasteiger partial charge in [0.25, 0.3) is 0 Å². The normalized spacial score (nSPS) is 14.5. The minimum absolute atomic E-state index is 0.0590. The summed E-state index contributed by atoms with van der Waals surface area (Å²) in [5, 5.41) is 6.03. The first-order valence-electron chi connectivity index (χ1n) is 7.41. The summed E-state index contributed by atoms with van der Waals surface area (Å²) in [6.45, 7) is 17.0. The van der Waals surface area contributed by atoms with Gasteiger partial charge in [0, 0.05) is 11.1 Å². The minimum Gasteiger partial charge on any atom is -0.459 e. The van der Waals surface area contributed by atoms with Crippen molar-refractivity contribution in [3.8, 4) is 0 Å². The van der Waals surface area contributed by atoms with Crippen LogP contribution in [0.5, 0.6) is 0 Å². The highest BCUT2D eigenvalue weighted by molar-refractivity contribution is 5.85. The first-order valence-corrected chi connectivity index (χ1v) is 7.41. The van der Waals surface area contributed by atoms with E-state index in [0.717, 1.165) is 0 Å². The van der Waals surface area contributed by atoms with Gasteiger partial charge in [0.1, 0.15) is 11.6 Å². The van der Waals surface area contributed by atoms with Gasteiger partial charge in [-0.1, -0.05) is 0 Å². The molecule has 1 atom stereocenters. The molecule has 0 aromatic heterocycles. The van der Waals surface area contributed by atoms with Gasteiger partial charge in [-0.2, -0.15) is 0 Å². The van der Waals surface area contributed by atoms with E-state index in [2.05, 4.69) is 10.6 Å². The van der Waals surface area contributed by atoms with Gasteiger partial charge in [-0.05, 0) is 62.3 Å². The number of ether oxygens (including phenoxy) is 1. The van der Waals surface area contributed by atoms with Gasteiger partial charge in [0.05, 0.1) is 6.42 Å². The van der Waals surface area contributed by atoms with Crippen molar-refractivity contribution in [2.45, 2.75) is 91.5 Å². The Morgan fingerprint density at radius 1 is 0.905 bits per heavy atom. The van der Waals surface area contributed by atoms with E-state index in [0.29, 0.717) is 0 Å². The summed E-state index contributed by atoms with van der Waals surface area (Å²) >= 11 is 0. The van der Waals surface area contributed by atoms with Gasteiger partial charge in [-0.25, -0.2) is 0 Å². The van der Waals surface area contributed by atoms with Crippen LogP contribution in [0.15, 0.2) is 0 Å². The van der Waals surface area contributed by atoms with Crippen LogP contribution in [-0.4, -0.2) is 34.6 Å². The second-order valence-electron chi connectivity index (χ2n) is 8.48. The molecule has 21 heavy (non-hydrogen) atoms. The molecule has 0 aliphatic heterocycles. The molecule has 124 valence electrons. The van der Waals surface area contributed by atoms with Crippen molar-refractivity contribution in [1.82, 2.24) is 10.6 Å². The predicted molar refractivity (Wildman–Crippen MR) is 85.0 cm³/mol. The average molecular weight is 300 g/mol. The largest absolute Gasteiger partial charge is 0.459 e. The Kier molecular flexibility index (Phi) is 6.42. The van der Waals surface area contributed by atoms with Gasteiger partial charge in [-0.3, -0.25) is 14.9 Å². The van der Waals surface area contributed by atoms with E-state index in [1.54, 1.807) is 0 Å². The van der Waals surface area contributed by atoms with Crippen LogP contribution in [0.1, 0.15) is 68.7 Å². The molecule has 0 heterocycles. The van der Waals surface area contributed by atoms with Crippen molar-refractivity contribution in [3.05, 3.63) is 0 Å². The Bertz CT molecular complexity index is 370. The van der Waals surface area contributed by atoms with Crippen molar-refractivity contribution >= 4 is 11.9 Å². The molecule has 0 saturated carbocycles. The van der Waals surface area contributed by atoms with Crippen molar-refractivity contribution in [2.24, 2.45) is 0 Å².